The summed E-state index contributed by atoms with van der Waals surface area (Å²) in [7, 11) is 0. The van der Waals surface area contributed by atoms with Gasteiger partial charge in [0, 0.05) is 18.1 Å². The SMILES string of the molecule is CC(C)(C)OC(=O)NC(Cc1cccc([N+](=O)[O-])c1O)C(=O)O. The van der Waals surface area contributed by atoms with Gasteiger partial charge in [0.25, 0.3) is 0 Å². The summed E-state index contributed by atoms with van der Waals surface area (Å²) in [4.78, 5) is 32.9. The predicted octanol–water partition coefficient (Wildman–Crippen LogP) is 1.82. The average molecular weight is 326 g/mol. The minimum absolute atomic E-state index is 0.0302. The summed E-state index contributed by atoms with van der Waals surface area (Å²) in [5.41, 5.74) is -1.31. The van der Waals surface area contributed by atoms with Gasteiger partial charge in [-0.2, -0.15) is 0 Å². The number of hydrogen-bond donors (Lipinski definition) is 3. The molecular formula is C14H18N2O7. The molecule has 0 spiro atoms. The summed E-state index contributed by atoms with van der Waals surface area (Å²) in [5.74, 6) is -1.99. The highest BCUT2D eigenvalue weighted by Gasteiger charge is 2.26. The fraction of sp³-hybridized carbons (Fsp3) is 0.429. The number of alkyl carbamates (subject to hydrolysis) is 1. The maximum atomic E-state index is 11.7. The number of carbonyl (C=O) groups is 2. The molecule has 1 aromatic rings. The summed E-state index contributed by atoms with van der Waals surface area (Å²) in [6.45, 7) is 4.86. The summed E-state index contributed by atoms with van der Waals surface area (Å²) < 4.78 is 4.96. The van der Waals surface area contributed by atoms with Crippen molar-refractivity contribution in [3.8, 4) is 5.75 Å². The molecule has 0 aliphatic carbocycles. The van der Waals surface area contributed by atoms with Gasteiger partial charge in [-0.1, -0.05) is 12.1 Å². The Hall–Kier alpha value is -2.84. The largest absolute Gasteiger partial charge is 0.502 e. The normalized spacial score (nSPS) is 12.3. The molecule has 1 amide bonds. The maximum Gasteiger partial charge on any atom is 0.408 e. The molecule has 0 saturated heterocycles. The van der Waals surface area contributed by atoms with Crippen LogP contribution in [0.5, 0.6) is 5.75 Å². The highest BCUT2D eigenvalue weighted by Crippen LogP contribution is 2.30. The van der Waals surface area contributed by atoms with Crippen LogP contribution < -0.4 is 5.32 Å². The van der Waals surface area contributed by atoms with Crippen molar-refractivity contribution < 1.29 is 29.5 Å². The van der Waals surface area contributed by atoms with Crippen LogP contribution in [0.25, 0.3) is 0 Å². The lowest BCUT2D eigenvalue weighted by Gasteiger charge is -2.22. The zero-order valence-electron chi connectivity index (χ0n) is 12.9. The number of rotatable bonds is 5. The molecule has 1 atom stereocenters. The average Bonchev–Trinajstić information content (AvgIpc) is 2.37. The van der Waals surface area contributed by atoms with E-state index in [2.05, 4.69) is 5.32 Å². The molecule has 1 unspecified atom stereocenters. The molecule has 0 fully saturated rings. The molecule has 9 heteroatoms. The molecule has 3 N–H and O–H groups in total. The number of hydrogen-bond acceptors (Lipinski definition) is 6. The maximum absolute atomic E-state index is 11.7. The van der Waals surface area contributed by atoms with Crippen LogP contribution in [0.15, 0.2) is 18.2 Å². The molecule has 9 nitrogen and oxygen atoms in total. The van der Waals surface area contributed by atoms with Gasteiger partial charge in [-0.05, 0) is 20.8 Å². The van der Waals surface area contributed by atoms with E-state index < -0.39 is 40.1 Å². The Morgan fingerprint density at radius 2 is 2.00 bits per heavy atom. The molecule has 0 radical (unpaired) electrons. The van der Waals surface area contributed by atoms with E-state index in [9.17, 15) is 24.8 Å². The second-order valence-corrected chi connectivity index (χ2v) is 5.78. The van der Waals surface area contributed by atoms with Crippen LogP contribution in [0.1, 0.15) is 26.3 Å². The summed E-state index contributed by atoms with van der Waals surface area (Å²) in [6.07, 6.45) is -1.27. The molecule has 0 saturated carbocycles. The van der Waals surface area contributed by atoms with Crippen molar-refractivity contribution in [2.75, 3.05) is 0 Å². The van der Waals surface area contributed by atoms with Crippen LogP contribution in [0, 0.1) is 10.1 Å². The fourth-order valence-corrected chi connectivity index (χ4v) is 1.76. The minimum atomic E-state index is -1.40. The molecule has 126 valence electrons. The van der Waals surface area contributed by atoms with Crippen LogP contribution in [-0.4, -0.2) is 38.8 Å². The topological polar surface area (TPSA) is 139 Å². The Labute approximate surface area is 132 Å². The molecule has 23 heavy (non-hydrogen) atoms. The lowest BCUT2D eigenvalue weighted by Crippen LogP contribution is -2.44. The number of nitro benzene ring substituents is 1. The van der Waals surface area contributed by atoms with Gasteiger partial charge in [-0.15, -0.1) is 0 Å². The highest BCUT2D eigenvalue weighted by atomic mass is 16.6. The van der Waals surface area contributed by atoms with Gasteiger partial charge in [0.05, 0.1) is 4.92 Å². The predicted molar refractivity (Wildman–Crippen MR) is 79.3 cm³/mol. The van der Waals surface area contributed by atoms with E-state index in [4.69, 9.17) is 9.84 Å². The molecular weight excluding hydrogens is 308 g/mol. The van der Waals surface area contributed by atoms with Crippen molar-refractivity contribution in [2.45, 2.75) is 38.8 Å². The lowest BCUT2D eigenvalue weighted by molar-refractivity contribution is -0.385. The Morgan fingerprint density at radius 1 is 1.39 bits per heavy atom. The first kappa shape index (κ1) is 18.2. The highest BCUT2D eigenvalue weighted by molar-refractivity contribution is 5.80. The van der Waals surface area contributed by atoms with Crippen molar-refractivity contribution in [3.63, 3.8) is 0 Å². The Bertz CT molecular complexity index is 622. The number of phenolic OH excluding ortho intramolecular Hbond substituents is 1. The van der Waals surface area contributed by atoms with Gasteiger partial charge in [0.2, 0.25) is 0 Å². The van der Waals surface area contributed by atoms with E-state index >= 15 is 0 Å². The van der Waals surface area contributed by atoms with Crippen molar-refractivity contribution in [1.82, 2.24) is 5.32 Å². The van der Waals surface area contributed by atoms with Crippen molar-refractivity contribution in [2.24, 2.45) is 0 Å². The van der Waals surface area contributed by atoms with E-state index in [0.29, 0.717) is 0 Å². The molecule has 0 aliphatic rings. The number of amides is 1. The van der Waals surface area contributed by atoms with Gasteiger partial charge >= 0.3 is 17.7 Å². The number of carboxylic acids is 1. The van der Waals surface area contributed by atoms with Gasteiger partial charge in [-0.3, -0.25) is 10.1 Å². The molecule has 0 bridgehead atoms. The number of nitrogens with one attached hydrogen (secondary N) is 1. The monoisotopic (exact) mass is 326 g/mol. The Kier molecular flexibility index (Phi) is 5.50. The number of aliphatic carboxylic acids is 1. The van der Waals surface area contributed by atoms with Gasteiger partial charge < -0.3 is 20.3 Å². The molecule has 1 rings (SSSR count). The summed E-state index contributed by atoms with van der Waals surface area (Å²) >= 11 is 0. The van der Waals surface area contributed by atoms with E-state index in [-0.39, 0.29) is 12.0 Å². The second kappa shape index (κ2) is 6.95. The van der Waals surface area contributed by atoms with Gasteiger partial charge in [0.15, 0.2) is 5.75 Å². The Balaban J connectivity index is 2.93. The van der Waals surface area contributed by atoms with E-state index in [1.54, 1.807) is 20.8 Å². The number of nitrogens with zero attached hydrogens (tertiary/aromatic N) is 1. The molecule has 1 aromatic carbocycles. The molecule has 0 heterocycles. The van der Waals surface area contributed by atoms with Crippen LogP contribution in [0.3, 0.4) is 0 Å². The first-order valence-corrected chi connectivity index (χ1v) is 6.69. The molecule has 0 aromatic heterocycles. The number of phenols is 1. The van der Waals surface area contributed by atoms with Crippen LogP contribution >= 0.6 is 0 Å². The number of ether oxygens (including phenoxy) is 1. The number of benzene rings is 1. The summed E-state index contributed by atoms with van der Waals surface area (Å²) in [5, 5.41) is 31.9. The zero-order valence-corrected chi connectivity index (χ0v) is 12.9. The molecule has 0 aliphatic heterocycles. The van der Waals surface area contributed by atoms with Crippen LogP contribution in [0.4, 0.5) is 10.5 Å². The number of carboxylic acid groups (broad SMARTS) is 1. The number of carbonyl (C=O) groups excluding carboxylic acids is 1. The third-order valence-corrected chi connectivity index (χ3v) is 2.71. The Morgan fingerprint density at radius 3 is 2.48 bits per heavy atom. The fourth-order valence-electron chi connectivity index (χ4n) is 1.76. The van der Waals surface area contributed by atoms with Crippen molar-refractivity contribution >= 4 is 17.7 Å². The third-order valence-electron chi connectivity index (χ3n) is 2.71. The number of nitro groups is 1. The van der Waals surface area contributed by atoms with Crippen LogP contribution in [0.2, 0.25) is 0 Å². The zero-order chi connectivity index (χ0) is 17.8. The van der Waals surface area contributed by atoms with Crippen molar-refractivity contribution in [3.05, 3.63) is 33.9 Å². The first-order valence-electron chi connectivity index (χ1n) is 6.69. The second-order valence-electron chi connectivity index (χ2n) is 5.78. The van der Waals surface area contributed by atoms with Gasteiger partial charge in [0.1, 0.15) is 11.6 Å². The van der Waals surface area contributed by atoms with Gasteiger partial charge in [-0.25, -0.2) is 9.59 Å². The lowest BCUT2D eigenvalue weighted by atomic mass is 10.0. The van der Waals surface area contributed by atoms with Crippen LogP contribution in [-0.2, 0) is 16.0 Å². The van der Waals surface area contributed by atoms with Crippen molar-refractivity contribution in [1.29, 1.82) is 0 Å². The number of aromatic hydroxyl groups is 1. The number of para-hydroxylation sites is 1. The first-order chi connectivity index (χ1) is 10.5. The van der Waals surface area contributed by atoms with E-state index in [1.165, 1.54) is 12.1 Å². The smallest absolute Gasteiger partial charge is 0.408 e. The van der Waals surface area contributed by atoms with E-state index in [1.807, 2.05) is 0 Å². The van der Waals surface area contributed by atoms with E-state index in [0.717, 1.165) is 6.07 Å². The standard InChI is InChI=1S/C14H18N2O7/c1-14(2,3)23-13(20)15-9(12(18)19)7-8-5-4-6-10(11(8)17)16(21)22/h4-6,9,17H,7H2,1-3H3,(H,15,20)(H,18,19). The quantitative estimate of drug-likeness (QED) is 0.554. The minimum Gasteiger partial charge on any atom is -0.502 e. The third kappa shape index (κ3) is 5.46. The summed E-state index contributed by atoms with van der Waals surface area (Å²) in [6, 6.07) is 2.35.